The number of rotatable bonds is 6. The number of carbonyl (C=O) groups is 1. The number of anilines is 2. The molecule has 0 radical (unpaired) electrons. The molecule has 10 heteroatoms. The molecule has 7 rings (SSSR count). The molecule has 9 nitrogen and oxygen atoms in total. The minimum absolute atomic E-state index is 0.00230. The van der Waals surface area contributed by atoms with Crippen LogP contribution in [0, 0.1) is 18.7 Å². The lowest BCUT2D eigenvalue weighted by Gasteiger charge is -2.23. The molecule has 2 aromatic carbocycles. The molecule has 1 amide bonds. The molecular formula is C32H30FN7O2. The predicted molar refractivity (Wildman–Crippen MR) is 158 cm³/mol. The third-order valence-electron chi connectivity index (χ3n) is 8.67. The Balaban J connectivity index is 1.15. The molecule has 4 heterocycles. The number of benzene rings is 2. The van der Waals surface area contributed by atoms with E-state index in [1.54, 1.807) is 12.4 Å². The smallest absolute Gasteiger partial charge is 0.246 e. The lowest BCUT2D eigenvalue weighted by atomic mass is 9.90. The number of carbonyl (C=O) groups excluding carboxylic acids is 1. The molecular weight excluding hydrogens is 533 g/mol. The third-order valence-corrected chi connectivity index (χ3v) is 8.67. The van der Waals surface area contributed by atoms with Crippen molar-refractivity contribution in [2.75, 3.05) is 11.9 Å². The summed E-state index contributed by atoms with van der Waals surface area (Å²) >= 11 is 0. The number of ether oxygens (including phenoxy) is 1. The van der Waals surface area contributed by atoms with Crippen molar-refractivity contribution in [1.29, 1.82) is 0 Å². The second-order valence-corrected chi connectivity index (χ2v) is 11.1. The van der Waals surface area contributed by atoms with Crippen LogP contribution in [0.5, 0.6) is 11.5 Å². The predicted octanol–water partition coefficient (Wildman–Crippen LogP) is 6.18. The number of fused-ring (bicyclic) bond motifs is 3. The van der Waals surface area contributed by atoms with Crippen LogP contribution in [0.4, 0.5) is 15.9 Å². The highest BCUT2D eigenvalue weighted by molar-refractivity contribution is 5.88. The summed E-state index contributed by atoms with van der Waals surface area (Å²) in [5.41, 5.74) is 5.01. The summed E-state index contributed by atoms with van der Waals surface area (Å²) in [5, 5.41) is 3.15. The van der Waals surface area contributed by atoms with E-state index in [9.17, 15) is 4.79 Å². The van der Waals surface area contributed by atoms with Gasteiger partial charge in [-0.1, -0.05) is 6.58 Å². The molecule has 1 aliphatic carbocycles. The topological polar surface area (TPSA) is 98.1 Å². The Hall–Kier alpha value is -4.86. The molecule has 42 heavy (non-hydrogen) atoms. The van der Waals surface area contributed by atoms with Gasteiger partial charge >= 0.3 is 0 Å². The van der Waals surface area contributed by atoms with E-state index in [-0.39, 0.29) is 23.6 Å². The van der Waals surface area contributed by atoms with E-state index in [4.69, 9.17) is 9.72 Å². The van der Waals surface area contributed by atoms with Gasteiger partial charge in [0.05, 0.1) is 28.6 Å². The summed E-state index contributed by atoms with van der Waals surface area (Å²) in [6, 6.07) is 12.9. The lowest BCUT2D eigenvalue weighted by molar-refractivity contribution is -0.126. The first kappa shape index (κ1) is 26.1. The standard InChI is InChI=1S/C32H30FN7O2/c1-4-30(41)40-12-11-21-20(6-10-27(21)40)23-7-8-24-31(37-23)32(35-16-34-24)38-25-13-18(2)29(15-22(25)33)42-19-5-9-28-26(14-19)36-17-39(28)3/h4-5,7-9,13-17,20-21,27H,1,6,10-12H2,2-3H3,(H,34,35,38)/t20-,21-,27+/m1/s1. The second-order valence-electron chi connectivity index (χ2n) is 11.1. The van der Waals surface area contributed by atoms with E-state index in [1.807, 2.05) is 53.8 Å². The number of halogens is 1. The van der Waals surface area contributed by atoms with Crippen molar-refractivity contribution in [3.05, 3.63) is 84.8 Å². The number of nitrogens with zero attached hydrogens (tertiary/aromatic N) is 6. The van der Waals surface area contributed by atoms with E-state index in [1.165, 1.54) is 18.5 Å². The van der Waals surface area contributed by atoms with E-state index >= 15 is 4.39 Å². The highest BCUT2D eigenvalue weighted by Crippen LogP contribution is 2.47. The number of aromatic nitrogens is 5. The molecule has 5 aromatic rings. The number of likely N-dealkylation sites (tertiary alicyclic amines) is 1. The van der Waals surface area contributed by atoms with Gasteiger partial charge in [0.25, 0.3) is 0 Å². The van der Waals surface area contributed by atoms with Crippen molar-refractivity contribution in [3.8, 4) is 11.5 Å². The summed E-state index contributed by atoms with van der Waals surface area (Å²) in [6.45, 7) is 6.27. The summed E-state index contributed by atoms with van der Waals surface area (Å²) in [4.78, 5) is 32.4. The summed E-state index contributed by atoms with van der Waals surface area (Å²) < 4.78 is 23.4. The molecule has 2 aliphatic rings. The minimum Gasteiger partial charge on any atom is -0.457 e. The van der Waals surface area contributed by atoms with Gasteiger partial charge in [-0.05, 0) is 74.1 Å². The largest absolute Gasteiger partial charge is 0.457 e. The van der Waals surface area contributed by atoms with E-state index in [0.29, 0.717) is 34.3 Å². The monoisotopic (exact) mass is 563 g/mol. The van der Waals surface area contributed by atoms with Crippen molar-refractivity contribution in [2.24, 2.45) is 13.0 Å². The van der Waals surface area contributed by atoms with Gasteiger partial charge in [-0.3, -0.25) is 4.79 Å². The van der Waals surface area contributed by atoms with Gasteiger partial charge in [-0.15, -0.1) is 0 Å². The number of hydrogen-bond acceptors (Lipinski definition) is 7. The lowest BCUT2D eigenvalue weighted by Crippen LogP contribution is -2.34. The zero-order valence-corrected chi connectivity index (χ0v) is 23.4. The molecule has 1 saturated heterocycles. The van der Waals surface area contributed by atoms with E-state index in [0.717, 1.165) is 48.1 Å². The first-order valence-corrected chi connectivity index (χ1v) is 14.1. The first-order chi connectivity index (χ1) is 20.4. The fourth-order valence-electron chi connectivity index (χ4n) is 6.60. The summed E-state index contributed by atoms with van der Waals surface area (Å²) in [7, 11) is 1.93. The molecule has 0 bridgehead atoms. The molecule has 1 aliphatic heterocycles. The number of aryl methyl sites for hydroxylation is 2. The maximum atomic E-state index is 15.4. The highest BCUT2D eigenvalue weighted by Gasteiger charge is 2.45. The van der Waals surface area contributed by atoms with Gasteiger partial charge in [0.1, 0.15) is 29.2 Å². The van der Waals surface area contributed by atoms with Crippen molar-refractivity contribution < 1.29 is 13.9 Å². The second kappa shape index (κ2) is 10.2. The Morgan fingerprint density at radius 2 is 1.98 bits per heavy atom. The van der Waals surface area contributed by atoms with Crippen LogP contribution in [-0.4, -0.2) is 47.9 Å². The highest BCUT2D eigenvalue weighted by atomic mass is 19.1. The zero-order valence-electron chi connectivity index (χ0n) is 23.4. The van der Waals surface area contributed by atoms with Crippen LogP contribution in [0.25, 0.3) is 22.1 Å². The van der Waals surface area contributed by atoms with Gasteiger partial charge in [0, 0.05) is 43.4 Å². The van der Waals surface area contributed by atoms with Crippen LogP contribution in [0.15, 0.2) is 67.8 Å². The normalized spacial score (nSPS) is 19.8. The van der Waals surface area contributed by atoms with Crippen LogP contribution in [0.2, 0.25) is 0 Å². The first-order valence-electron chi connectivity index (χ1n) is 14.1. The number of hydrogen-bond donors (Lipinski definition) is 1. The number of pyridine rings is 1. The SMILES string of the molecule is C=CC(=O)N1CC[C@@H]2[C@H](c3ccc4ncnc(Nc5cc(C)c(Oc6ccc7c(c6)ncn7C)cc5F)c4n3)CC[C@@H]21. The minimum atomic E-state index is -0.478. The molecule has 1 saturated carbocycles. The van der Waals surface area contributed by atoms with Crippen molar-refractivity contribution in [1.82, 2.24) is 29.4 Å². The van der Waals surface area contributed by atoms with Crippen LogP contribution in [0.1, 0.15) is 36.4 Å². The Kier molecular flexibility index (Phi) is 6.33. The molecule has 2 fully saturated rings. The quantitative estimate of drug-likeness (QED) is 0.247. The fourth-order valence-corrected chi connectivity index (χ4v) is 6.60. The van der Waals surface area contributed by atoms with Gasteiger partial charge in [0.2, 0.25) is 5.91 Å². The van der Waals surface area contributed by atoms with Crippen LogP contribution in [-0.2, 0) is 11.8 Å². The van der Waals surface area contributed by atoms with Crippen LogP contribution in [0.3, 0.4) is 0 Å². The maximum absolute atomic E-state index is 15.4. The molecule has 3 aromatic heterocycles. The summed E-state index contributed by atoms with van der Waals surface area (Å²) in [5.74, 6) is 1.53. The fraction of sp³-hybridized carbons (Fsp3) is 0.281. The Bertz CT molecular complexity index is 1870. The third kappa shape index (κ3) is 4.43. The maximum Gasteiger partial charge on any atom is 0.246 e. The number of imidazole rings is 1. The summed E-state index contributed by atoms with van der Waals surface area (Å²) in [6.07, 6.45) is 7.43. The van der Waals surface area contributed by atoms with Gasteiger partial charge in [-0.2, -0.15) is 0 Å². The van der Waals surface area contributed by atoms with Crippen LogP contribution < -0.4 is 10.1 Å². The van der Waals surface area contributed by atoms with E-state index < -0.39 is 5.82 Å². The zero-order chi connectivity index (χ0) is 29.0. The van der Waals surface area contributed by atoms with Gasteiger partial charge < -0.3 is 19.5 Å². The Labute approximate surface area is 242 Å². The van der Waals surface area contributed by atoms with Crippen molar-refractivity contribution in [3.63, 3.8) is 0 Å². The average Bonchev–Trinajstić information content (AvgIpc) is 3.71. The van der Waals surface area contributed by atoms with E-state index in [2.05, 4.69) is 26.8 Å². The van der Waals surface area contributed by atoms with Gasteiger partial charge in [0.15, 0.2) is 5.82 Å². The Morgan fingerprint density at radius 1 is 1.10 bits per heavy atom. The molecule has 0 spiro atoms. The Morgan fingerprint density at radius 3 is 2.83 bits per heavy atom. The van der Waals surface area contributed by atoms with Crippen LogP contribution >= 0.6 is 0 Å². The molecule has 212 valence electrons. The van der Waals surface area contributed by atoms with Crippen molar-refractivity contribution in [2.45, 2.75) is 38.1 Å². The van der Waals surface area contributed by atoms with Crippen molar-refractivity contribution >= 4 is 39.5 Å². The molecule has 3 atom stereocenters. The average molecular weight is 564 g/mol. The number of amides is 1. The number of nitrogens with one attached hydrogen (secondary N) is 1. The van der Waals surface area contributed by atoms with Gasteiger partial charge in [-0.25, -0.2) is 24.3 Å². The molecule has 1 N–H and O–H groups in total. The molecule has 0 unspecified atom stereocenters.